The van der Waals surface area contributed by atoms with Crippen molar-refractivity contribution in [3.63, 3.8) is 0 Å². The summed E-state index contributed by atoms with van der Waals surface area (Å²) in [6.45, 7) is 0. The molecule has 0 spiro atoms. The van der Waals surface area contributed by atoms with Crippen LogP contribution in [0.2, 0.25) is 0 Å². The second-order valence-electron chi connectivity index (χ2n) is 4.05. The fourth-order valence-electron chi connectivity index (χ4n) is 1.84. The van der Waals surface area contributed by atoms with Crippen LogP contribution in [0.5, 0.6) is 0 Å². The van der Waals surface area contributed by atoms with Crippen molar-refractivity contribution in [1.29, 1.82) is 0 Å². The van der Waals surface area contributed by atoms with Gasteiger partial charge in [0, 0.05) is 11.6 Å². The molecule has 0 saturated carbocycles. The van der Waals surface area contributed by atoms with Gasteiger partial charge >= 0.3 is 0 Å². The van der Waals surface area contributed by atoms with E-state index in [1.165, 1.54) is 17.4 Å². The van der Waals surface area contributed by atoms with E-state index in [4.69, 9.17) is 0 Å². The highest BCUT2D eigenvalue weighted by molar-refractivity contribution is 7.18. The Bertz CT molecular complexity index is 756. The number of hydrogen-bond donors (Lipinski definition) is 0. The number of benzene rings is 2. The highest BCUT2D eigenvalue weighted by Gasteiger charge is 2.18. The predicted molar refractivity (Wildman–Crippen MR) is 77.4 cm³/mol. The average Bonchev–Trinajstić information content (AvgIpc) is 2.98. The monoisotopic (exact) mass is 283 g/mol. The van der Waals surface area contributed by atoms with Crippen LogP contribution in [0.25, 0.3) is 21.1 Å². The molecule has 3 rings (SSSR count). The maximum atomic E-state index is 11.0. The fourth-order valence-corrected chi connectivity index (χ4v) is 2.73. The summed E-state index contributed by atoms with van der Waals surface area (Å²) in [6, 6.07) is 16.2. The third-order valence-corrected chi connectivity index (χ3v) is 3.78. The molecule has 0 aliphatic heterocycles. The maximum Gasteiger partial charge on any atom is 0.279 e. The Labute approximate surface area is 118 Å². The van der Waals surface area contributed by atoms with Gasteiger partial charge in [-0.25, -0.2) is 0 Å². The molecule has 0 aliphatic carbocycles. The average molecular weight is 283 g/mol. The van der Waals surface area contributed by atoms with Gasteiger partial charge in [-0.05, 0) is 6.07 Å². The molecule has 3 aromatic rings. The van der Waals surface area contributed by atoms with Crippen LogP contribution in [0.4, 0.5) is 5.69 Å². The van der Waals surface area contributed by atoms with Crippen LogP contribution in [0, 0.1) is 10.1 Å². The van der Waals surface area contributed by atoms with Gasteiger partial charge in [0.15, 0.2) is 5.01 Å². The number of aromatic nitrogens is 2. The van der Waals surface area contributed by atoms with E-state index in [0.29, 0.717) is 10.6 Å². The summed E-state index contributed by atoms with van der Waals surface area (Å²) < 4.78 is 0. The number of rotatable bonds is 3. The molecule has 0 amide bonds. The van der Waals surface area contributed by atoms with Crippen LogP contribution in [0.15, 0.2) is 54.6 Å². The van der Waals surface area contributed by atoms with Gasteiger partial charge in [0.05, 0.1) is 10.5 Å². The SMILES string of the molecule is O=[N+]([O-])c1ccccc1-c1nnc(-c2ccccc2)s1. The Hall–Kier alpha value is -2.60. The van der Waals surface area contributed by atoms with Crippen LogP contribution < -0.4 is 0 Å². The van der Waals surface area contributed by atoms with E-state index >= 15 is 0 Å². The molecule has 1 heterocycles. The van der Waals surface area contributed by atoms with Crippen molar-refractivity contribution < 1.29 is 4.92 Å². The summed E-state index contributed by atoms with van der Waals surface area (Å²) in [4.78, 5) is 10.6. The largest absolute Gasteiger partial charge is 0.279 e. The van der Waals surface area contributed by atoms with Gasteiger partial charge in [0.2, 0.25) is 0 Å². The molecule has 1 aromatic heterocycles. The molecule has 0 radical (unpaired) electrons. The summed E-state index contributed by atoms with van der Waals surface area (Å²) >= 11 is 1.34. The Kier molecular flexibility index (Phi) is 3.22. The molecule has 0 aliphatic rings. The van der Waals surface area contributed by atoms with Gasteiger partial charge in [-0.2, -0.15) is 0 Å². The Morgan fingerprint density at radius 3 is 2.30 bits per heavy atom. The van der Waals surface area contributed by atoms with Crippen molar-refractivity contribution in [2.75, 3.05) is 0 Å². The first-order chi connectivity index (χ1) is 9.75. The lowest BCUT2D eigenvalue weighted by Crippen LogP contribution is -1.90. The van der Waals surface area contributed by atoms with Gasteiger partial charge in [-0.15, -0.1) is 10.2 Å². The summed E-state index contributed by atoms with van der Waals surface area (Å²) in [7, 11) is 0. The highest BCUT2D eigenvalue weighted by Crippen LogP contribution is 2.34. The number of para-hydroxylation sites is 1. The Morgan fingerprint density at radius 2 is 1.55 bits per heavy atom. The van der Waals surface area contributed by atoms with Gasteiger partial charge in [-0.1, -0.05) is 53.8 Å². The van der Waals surface area contributed by atoms with Gasteiger partial charge in [0.25, 0.3) is 5.69 Å². The van der Waals surface area contributed by atoms with Crippen molar-refractivity contribution in [2.45, 2.75) is 0 Å². The fraction of sp³-hybridized carbons (Fsp3) is 0. The van der Waals surface area contributed by atoms with Gasteiger partial charge < -0.3 is 0 Å². The zero-order valence-corrected chi connectivity index (χ0v) is 11.1. The number of hydrogen-bond acceptors (Lipinski definition) is 5. The maximum absolute atomic E-state index is 11.0. The third kappa shape index (κ3) is 2.28. The molecule has 0 saturated heterocycles. The van der Waals surface area contributed by atoms with Gasteiger partial charge in [-0.3, -0.25) is 10.1 Å². The van der Waals surface area contributed by atoms with E-state index in [0.717, 1.165) is 10.6 Å². The molecule has 6 heteroatoms. The first-order valence-electron chi connectivity index (χ1n) is 5.88. The van der Waals surface area contributed by atoms with Crippen molar-refractivity contribution in [3.05, 3.63) is 64.7 Å². The minimum atomic E-state index is -0.404. The molecule has 0 atom stereocenters. The zero-order valence-electron chi connectivity index (χ0n) is 10.3. The smallest absolute Gasteiger partial charge is 0.258 e. The molecular weight excluding hydrogens is 274 g/mol. The first-order valence-corrected chi connectivity index (χ1v) is 6.70. The van der Waals surface area contributed by atoms with E-state index in [-0.39, 0.29) is 5.69 Å². The van der Waals surface area contributed by atoms with E-state index in [1.807, 2.05) is 30.3 Å². The summed E-state index contributed by atoms with van der Waals surface area (Å²) in [5, 5.41) is 20.5. The summed E-state index contributed by atoms with van der Waals surface area (Å²) in [6.07, 6.45) is 0. The lowest BCUT2D eigenvalue weighted by Gasteiger charge is -1.97. The third-order valence-electron chi connectivity index (χ3n) is 2.78. The Morgan fingerprint density at radius 1 is 0.900 bits per heavy atom. The lowest BCUT2D eigenvalue weighted by molar-refractivity contribution is -0.384. The number of nitro groups is 1. The zero-order chi connectivity index (χ0) is 13.9. The standard InChI is InChI=1S/C14H9N3O2S/c18-17(19)12-9-5-4-8-11(12)14-16-15-13(20-14)10-6-2-1-3-7-10/h1-9H. The van der Waals surface area contributed by atoms with E-state index in [9.17, 15) is 10.1 Å². The quantitative estimate of drug-likeness (QED) is 0.542. The first kappa shape index (κ1) is 12.4. The van der Waals surface area contributed by atoms with Crippen molar-refractivity contribution >= 4 is 17.0 Å². The molecule has 2 aromatic carbocycles. The molecule has 0 bridgehead atoms. The minimum Gasteiger partial charge on any atom is -0.258 e. The molecule has 98 valence electrons. The second kappa shape index (κ2) is 5.18. The lowest BCUT2D eigenvalue weighted by atomic mass is 10.2. The van der Waals surface area contributed by atoms with Crippen molar-refractivity contribution in [2.24, 2.45) is 0 Å². The van der Waals surface area contributed by atoms with E-state index in [1.54, 1.807) is 18.2 Å². The normalized spacial score (nSPS) is 10.4. The molecule has 0 unspecified atom stereocenters. The Balaban J connectivity index is 2.05. The van der Waals surface area contributed by atoms with Crippen LogP contribution >= 0.6 is 11.3 Å². The molecule has 0 fully saturated rings. The highest BCUT2D eigenvalue weighted by atomic mass is 32.1. The minimum absolute atomic E-state index is 0.0447. The topological polar surface area (TPSA) is 68.9 Å². The van der Waals surface area contributed by atoms with Crippen molar-refractivity contribution in [3.8, 4) is 21.1 Å². The summed E-state index contributed by atoms with van der Waals surface area (Å²) in [5.74, 6) is 0. The van der Waals surface area contributed by atoms with Crippen LogP contribution in [0.1, 0.15) is 0 Å². The van der Waals surface area contributed by atoms with Crippen LogP contribution in [-0.4, -0.2) is 15.1 Å². The van der Waals surface area contributed by atoms with Crippen LogP contribution in [0.3, 0.4) is 0 Å². The van der Waals surface area contributed by atoms with E-state index < -0.39 is 4.92 Å². The number of nitrogens with zero attached hydrogens (tertiary/aromatic N) is 3. The van der Waals surface area contributed by atoms with Crippen LogP contribution in [-0.2, 0) is 0 Å². The summed E-state index contributed by atoms with van der Waals surface area (Å²) in [5.41, 5.74) is 1.50. The molecule has 20 heavy (non-hydrogen) atoms. The van der Waals surface area contributed by atoms with Crippen molar-refractivity contribution in [1.82, 2.24) is 10.2 Å². The number of nitro benzene ring substituents is 1. The second-order valence-corrected chi connectivity index (χ2v) is 5.03. The van der Waals surface area contributed by atoms with E-state index in [2.05, 4.69) is 10.2 Å². The predicted octanol–water partition coefficient (Wildman–Crippen LogP) is 3.78. The van der Waals surface area contributed by atoms with Gasteiger partial charge in [0.1, 0.15) is 5.01 Å². The molecule has 5 nitrogen and oxygen atoms in total. The molecular formula is C14H9N3O2S. The molecule has 0 N–H and O–H groups in total.